The molecule has 0 saturated heterocycles. The van der Waals surface area contributed by atoms with Gasteiger partial charge in [-0.3, -0.25) is 9.59 Å². The Balaban J connectivity index is 2.42. The van der Waals surface area contributed by atoms with Crippen molar-refractivity contribution < 1.29 is 32.2 Å². The van der Waals surface area contributed by atoms with Gasteiger partial charge in [0.25, 0.3) is 5.91 Å². The summed E-state index contributed by atoms with van der Waals surface area (Å²) < 4.78 is 49.4. The van der Waals surface area contributed by atoms with Crippen molar-refractivity contribution in [2.45, 2.75) is 26.9 Å². The van der Waals surface area contributed by atoms with Crippen molar-refractivity contribution in [3.63, 3.8) is 0 Å². The maximum absolute atomic E-state index is 13.0. The third-order valence-electron chi connectivity index (χ3n) is 4.34. The van der Waals surface area contributed by atoms with Crippen molar-refractivity contribution >= 4 is 23.6 Å². The second kappa shape index (κ2) is 9.76. The number of alkyl halides is 3. The molecule has 0 radical (unpaired) electrons. The van der Waals surface area contributed by atoms with Crippen LogP contribution in [0.5, 0.6) is 11.5 Å². The number of hydrogen-bond acceptors (Lipinski definition) is 4. The lowest BCUT2D eigenvalue weighted by Crippen LogP contribution is -2.38. The van der Waals surface area contributed by atoms with Crippen molar-refractivity contribution in [1.29, 1.82) is 0 Å². The highest BCUT2D eigenvalue weighted by Crippen LogP contribution is 2.31. The molecule has 0 bridgehead atoms. The fraction of sp³-hybridized carbons (Fsp3) is 0.304. The third-order valence-corrected chi connectivity index (χ3v) is 4.34. The Morgan fingerprint density at radius 3 is 2.16 bits per heavy atom. The summed E-state index contributed by atoms with van der Waals surface area (Å²) in [6.45, 7) is 5.00. The molecule has 0 aliphatic heterocycles. The SMILES string of the molecule is COc1ccc(/C=C(/NC(=O)C(C)(C)C)C(=O)Nc2cccc(C(F)(F)F)c2)cc1OC. The quantitative estimate of drug-likeness (QED) is 0.616. The number of ether oxygens (including phenoxy) is 2. The molecule has 0 aliphatic carbocycles. The number of benzene rings is 2. The molecule has 0 atom stereocenters. The number of halogens is 3. The van der Waals surface area contributed by atoms with Crippen LogP contribution in [-0.4, -0.2) is 26.0 Å². The Morgan fingerprint density at radius 1 is 0.938 bits per heavy atom. The standard InChI is InChI=1S/C23H25F3N2O4/c1-22(2,3)21(30)28-17(11-14-9-10-18(31-4)19(12-14)32-5)20(29)27-16-8-6-7-15(13-16)23(24,25)26/h6-13H,1-5H3,(H,27,29)(H,28,30)/b17-11+. The zero-order chi connectivity index (χ0) is 24.1. The summed E-state index contributed by atoms with van der Waals surface area (Å²) in [5, 5.41) is 4.96. The molecule has 2 rings (SSSR count). The van der Waals surface area contributed by atoms with Gasteiger partial charge in [0, 0.05) is 11.1 Å². The molecule has 0 saturated carbocycles. The van der Waals surface area contributed by atoms with Gasteiger partial charge >= 0.3 is 6.18 Å². The summed E-state index contributed by atoms with van der Waals surface area (Å²) in [5.74, 6) is -0.348. The van der Waals surface area contributed by atoms with E-state index in [-0.39, 0.29) is 11.4 Å². The number of methoxy groups -OCH3 is 2. The minimum absolute atomic E-state index is 0.0620. The van der Waals surface area contributed by atoms with Gasteiger partial charge in [0.05, 0.1) is 19.8 Å². The molecule has 0 unspecified atom stereocenters. The van der Waals surface area contributed by atoms with Crippen molar-refractivity contribution in [1.82, 2.24) is 5.32 Å². The van der Waals surface area contributed by atoms with Crippen molar-refractivity contribution in [2.75, 3.05) is 19.5 Å². The Bertz CT molecular complexity index is 1020. The fourth-order valence-corrected chi connectivity index (χ4v) is 2.55. The fourth-order valence-electron chi connectivity index (χ4n) is 2.55. The second-order valence-electron chi connectivity index (χ2n) is 7.91. The van der Waals surface area contributed by atoms with Gasteiger partial charge in [-0.05, 0) is 42.0 Å². The lowest BCUT2D eigenvalue weighted by atomic mass is 9.95. The molecule has 2 amide bonds. The lowest BCUT2D eigenvalue weighted by Gasteiger charge is -2.19. The molecule has 2 aromatic rings. The number of carbonyl (C=O) groups excluding carboxylic acids is 2. The van der Waals surface area contributed by atoms with Gasteiger partial charge in [-0.1, -0.05) is 32.9 Å². The van der Waals surface area contributed by atoms with Crippen LogP contribution in [-0.2, 0) is 15.8 Å². The van der Waals surface area contributed by atoms with E-state index in [9.17, 15) is 22.8 Å². The molecule has 172 valence electrons. The average molecular weight is 450 g/mol. The molecule has 0 heterocycles. The van der Waals surface area contributed by atoms with Crippen LogP contribution in [0.2, 0.25) is 0 Å². The number of nitrogens with one attached hydrogen (secondary N) is 2. The minimum Gasteiger partial charge on any atom is -0.493 e. The maximum atomic E-state index is 13.0. The first-order chi connectivity index (χ1) is 14.8. The predicted octanol–water partition coefficient (Wildman–Crippen LogP) is 4.86. The highest BCUT2D eigenvalue weighted by Gasteiger charge is 2.30. The zero-order valence-corrected chi connectivity index (χ0v) is 18.4. The summed E-state index contributed by atoms with van der Waals surface area (Å²) in [7, 11) is 2.93. The molecule has 0 aromatic heterocycles. The molecule has 2 N–H and O–H groups in total. The van der Waals surface area contributed by atoms with Gasteiger partial charge in [-0.2, -0.15) is 13.2 Å². The van der Waals surface area contributed by atoms with E-state index < -0.39 is 29.0 Å². The molecule has 32 heavy (non-hydrogen) atoms. The molecule has 6 nitrogen and oxygen atoms in total. The summed E-state index contributed by atoms with van der Waals surface area (Å²) >= 11 is 0. The number of hydrogen-bond donors (Lipinski definition) is 2. The molecule has 0 aliphatic rings. The predicted molar refractivity (Wildman–Crippen MR) is 115 cm³/mol. The highest BCUT2D eigenvalue weighted by atomic mass is 19.4. The van der Waals surface area contributed by atoms with Crippen molar-refractivity contribution in [2.24, 2.45) is 5.41 Å². The van der Waals surface area contributed by atoms with Crippen molar-refractivity contribution in [3.8, 4) is 11.5 Å². The largest absolute Gasteiger partial charge is 0.493 e. The van der Waals surface area contributed by atoms with Crippen LogP contribution in [0.4, 0.5) is 18.9 Å². The van der Waals surface area contributed by atoms with Gasteiger partial charge in [0.15, 0.2) is 11.5 Å². The first-order valence-electron chi connectivity index (χ1n) is 9.59. The van der Waals surface area contributed by atoms with Crippen LogP contribution in [0.1, 0.15) is 31.9 Å². The van der Waals surface area contributed by atoms with Crippen LogP contribution < -0.4 is 20.1 Å². The summed E-state index contributed by atoms with van der Waals surface area (Å²) in [6, 6.07) is 9.09. The van der Waals surface area contributed by atoms with E-state index in [1.807, 2.05) is 0 Å². The molecule has 9 heteroatoms. The van der Waals surface area contributed by atoms with Crippen LogP contribution in [0.3, 0.4) is 0 Å². The van der Waals surface area contributed by atoms with E-state index in [2.05, 4.69) is 10.6 Å². The lowest BCUT2D eigenvalue weighted by molar-refractivity contribution is -0.137. The molecular weight excluding hydrogens is 425 g/mol. The summed E-state index contributed by atoms with van der Waals surface area (Å²) in [4.78, 5) is 25.4. The van der Waals surface area contributed by atoms with E-state index in [1.54, 1.807) is 39.0 Å². The van der Waals surface area contributed by atoms with Crippen molar-refractivity contribution in [3.05, 3.63) is 59.3 Å². The first kappa shape index (κ1) is 24.8. The van der Waals surface area contributed by atoms with Crippen LogP contribution in [0, 0.1) is 5.41 Å². The number of amides is 2. The molecular formula is C23H25F3N2O4. The molecule has 0 spiro atoms. The number of anilines is 1. The van der Waals surface area contributed by atoms with Crippen LogP contribution >= 0.6 is 0 Å². The normalized spacial score (nSPS) is 12.2. The van der Waals surface area contributed by atoms with E-state index in [4.69, 9.17) is 9.47 Å². The maximum Gasteiger partial charge on any atom is 0.416 e. The molecule has 2 aromatic carbocycles. The summed E-state index contributed by atoms with van der Waals surface area (Å²) in [6.07, 6.45) is -3.16. The van der Waals surface area contributed by atoms with Gasteiger partial charge in [0.1, 0.15) is 5.70 Å². The van der Waals surface area contributed by atoms with Crippen LogP contribution in [0.15, 0.2) is 48.2 Å². The monoisotopic (exact) mass is 450 g/mol. The minimum atomic E-state index is -4.56. The topological polar surface area (TPSA) is 76.7 Å². The Kier molecular flexibility index (Phi) is 7.56. The third kappa shape index (κ3) is 6.50. The van der Waals surface area contributed by atoms with Gasteiger partial charge < -0.3 is 20.1 Å². The highest BCUT2D eigenvalue weighted by molar-refractivity contribution is 6.09. The second-order valence-corrected chi connectivity index (χ2v) is 7.91. The molecule has 0 fully saturated rings. The van der Waals surface area contributed by atoms with Gasteiger partial charge in [-0.15, -0.1) is 0 Å². The number of rotatable bonds is 6. The average Bonchev–Trinajstić information content (AvgIpc) is 2.71. The number of carbonyl (C=O) groups is 2. The van der Waals surface area contributed by atoms with Gasteiger partial charge in [0.2, 0.25) is 5.91 Å². The Labute approximate surface area is 184 Å². The summed E-state index contributed by atoms with van der Waals surface area (Å²) in [5.41, 5.74) is -1.42. The van der Waals surface area contributed by atoms with E-state index in [0.29, 0.717) is 17.1 Å². The van der Waals surface area contributed by atoms with E-state index in [0.717, 1.165) is 12.1 Å². The Morgan fingerprint density at radius 2 is 1.59 bits per heavy atom. The van der Waals surface area contributed by atoms with E-state index >= 15 is 0 Å². The Hall–Kier alpha value is -3.49. The smallest absolute Gasteiger partial charge is 0.416 e. The first-order valence-corrected chi connectivity index (χ1v) is 9.59. The van der Waals surface area contributed by atoms with Gasteiger partial charge in [-0.25, -0.2) is 0 Å². The van der Waals surface area contributed by atoms with Crippen LogP contribution in [0.25, 0.3) is 6.08 Å². The zero-order valence-electron chi connectivity index (χ0n) is 18.4. The van der Waals surface area contributed by atoms with E-state index in [1.165, 1.54) is 32.4 Å².